The molecule has 0 amide bonds. The van der Waals surface area contributed by atoms with E-state index in [1.165, 1.54) is 14.7 Å². The molecule has 1 aromatic carbocycles. The summed E-state index contributed by atoms with van der Waals surface area (Å²) in [7, 11) is 0. The molecule has 1 heterocycles. The van der Waals surface area contributed by atoms with Crippen molar-refractivity contribution in [2.75, 3.05) is 78.8 Å². The summed E-state index contributed by atoms with van der Waals surface area (Å²) >= 11 is 0. The summed E-state index contributed by atoms with van der Waals surface area (Å²) < 4.78 is 5.79. The van der Waals surface area contributed by atoms with E-state index in [0.717, 1.165) is 24.2 Å². The van der Waals surface area contributed by atoms with Crippen molar-refractivity contribution < 1.29 is 59.7 Å². The molecule has 0 saturated carbocycles. The number of carboxylic acids is 4. The second-order valence-corrected chi connectivity index (χ2v) is 11.8. The van der Waals surface area contributed by atoms with Crippen molar-refractivity contribution in [3.05, 3.63) is 29.8 Å². The third-order valence-corrected chi connectivity index (χ3v) is 8.73. The zero-order chi connectivity index (χ0) is 35.6. The highest BCUT2D eigenvalue weighted by atomic mass is 16.5. The Kier molecular flexibility index (Phi) is 18.3. The monoisotopic (exact) mass is 684 g/mol. The predicted octanol–water partition coefficient (Wildman–Crippen LogP) is -0.800. The van der Waals surface area contributed by atoms with Crippen LogP contribution in [0.25, 0.3) is 0 Å². The van der Waals surface area contributed by atoms with Crippen LogP contribution in [-0.4, -0.2) is 182 Å². The predicted molar refractivity (Wildman–Crippen MR) is 173 cm³/mol. The van der Waals surface area contributed by atoms with E-state index >= 15 is 0 Å². The van der Waals surface area contributed by atoms with Crippen LogP contribution >= 0.6 is 0 Å². The van der Waals surface area contributed by atoms with Crippen molar-refractivity contribution in [2.45, 2.75) is 63.2 Å². The van der Waals surface area contributed by atoms with Gasteiger partial charge in [0.1, 0.15) is 29.9 Å². The number of hydrogen-bond acceptors (Lipinski definition) is 12. The molecule has 4 unspecified atom stereocenters. The number of benzene rings is 1. The molecule has 4 atom stereocenters. The Balaban J connectivity index is 2.36. The van der Waals surface area contributed by atoms with Crippen molar-refractivity contribution in [1.29, 1.82) is 0 Å². The van der Waals surface area contributed by atoms with Crippen molar-refractivity contribution in [2.24, 2.45) is 0 Å². The van der Waals surface area contributed by atoms with Crippen molar-refractivity contribution in [3.8, 4) is 5.75 Å². The van der Waals surface area contributed by atoms with E-state index in [0.29, 0.717) is 19.4 Å². The van der Waals surface area contributed by atoms with Gasteiger partial charge in [-0.25, -0.2) is 0 Å². The molecule has 16 nitrogen and oxygen atoms in total. The van der Waals surface area contributed by atoms with E-state index in [4.69, 9.17) is 4.74 Å². The summed E-state index contributed by atoms with van der Waals surface area (Å²) in [6.07, 6.45) is 3.23. The fourth-order valence-electron chi connectivity index (χ4n) is 5.86. The number of unbranched alkanes of at least 4 members (excludes halogenated alkanes) is 1. The molecule has 1 aromatic rings. The number of carbonyl (C=O) groups is 4. The lowest BCUT2D eigenvalue weighted by Gasteiger charge is -2.39. The maximum Gasteiger partial charge on any atom is 0.323 e. The summed E-state index contributed by atoms with van der Waals surface area (Å²) in [4.78, 5) is 54.6. The number of rotatable bonds is 19. The Bertz CT molecular complexity index is 1120. The van der Waals surface area contributed by atoms with E-state index in [2.05, 4.69) is 6.92 Å². The van der Waals surface area contributed by atoms with Gasteiger partial charge < -0.3 is 40.5 Å². The minimum Gasteiger partial charge on any atom is -0.494 e. The van der Waals surface area contributed by atoms with E-state index in [9.17, 15) is 54.9 Å². The lowest BCUT2D eigenvalue weighted by atomic mass is 10.0. The number of ether oxygens (including phenoxy) is 1. The zero-order valence-corrected chi connectivity index (χ0v) is 27.6. The van der Waals surface area contributed by atoms with E-state index < -0.39 is 67.9 Å². The first-order valence-electron chi connectivity index (χ1n) is 16.4. The number of carboxylic acid groups (broad SMARTS) is 4. The van der Waals surface area contributed by atoms with Gasteiger partial charge in [-0.1, -0.05) is 25.5 Å². The van der Waals surface area contributed by atoms with Gasteiger partial charge in [0.25, 0.3) is 0 Å². The highest BCUT2D eigenvalue weighted by Crippen LogP contribution is 2.18. The smallest absolute Gasteiger partial charge is 0.323 e. The molecule has 0 radical (unpaired) electrons. The van der Waals surface area contributed by atoms with Gasteiger partial charge in [0.05, 0.1) is 26.4 Å². The molecule has 272 valence electrons. The summed E-state index contributed by atoms with van der Waals surface area (Å²) in [6, 6.07) is 2.51. The van der Waals surface area contributed by atoms with Crippen LogP contribution in [-0.2, 0) is 25.6 Å². The van der Waals surface area contributed by atoms with Gasteiger partial charge in [-0.15, -0.1) is 0 Å². The fourth-order valence-corrected chi connectivity index (χ4v) is 5.86. The summed E-state index contributed by atoms with van der Waals surface area (Å²) in [5.74, 6) is -4.32. The molecule has 1 fully saturated rings. The molecule has 48 heavy (non-hydrogen) atoms. The quantitative estimate of drug-likeness (QED) is 0.0884. The number of hydrogen-bond donors (Lipinski definition) is 7. The van der Waals surface area contributed by atoms with Gasteiger partial charge in [-0.05, 0) is 43.4 Å². The molecule has 0 aliphatic carbocycles. The Labute approximate surface area is 280 Å². The first kappa shape index (κ1) is 40.8. The van der Waals surface area contributed by atoms with E-state index in [-0.39, 0.29) is 58.8 Å². The molecule has 0 bridgehead atoms. The van der Waals surface area contributed by atoms with Crippen molar-refractivity contribution >= 4 is 23.9 Å². The third-order valence-electron chi connectivity index (χ3n) is 8.73. The van der Waals surface area contributed by atoms with Gasteiger partial charge >= 0.3 is 23.9 Å². The molecule has 1 aliphatic rings. The van der Waals surface area contributed by atoms with Crippen molar-refractivity contribution in [3.63, 3.8) is 0 Å². The molecule has 1 aliphatic heterocycles. The van der Waals surface area contributed by atoms with Crippen LogP contribution < -0.4 is 4.74 Å². The Morgan fingerprint density at radius 1 is 0.646 bits per heavy atom. The summed E-state index contributed by atoms with van der Waals surface area (Å²) in [6.45, 7) is 0.260. The number of aliphatic hydroxyl groups is 3. The molecule has 0 spiro atoms. The van der Waals surface area contributed by atoms with Gasteiger partial charge in [-0.2, -0.15) is 0 Å². The molecule has 7 N–H and O–H groups in total. The molecule has 0 aromatic heterocycles. The number of aryl methyl sites for hydroxylation is 1. The highest BCUT2D eigenvalue weighted by Gasteiger charge is 2.34. The summed E-state index contributed by atoms with van der Waals surface area (Å²) in [5, 5.41) is 69.3. The van der Waals surface area contributed by atoms with Crippen LogP contribution in [0.2, 0.25) is 0 Å². The fraction of sp³-hybridized carbons (Fsp3) is 0.688. The van der Waals surface area contributed by atoms with E-state index in [1.807, 2.05) is 24.3 Å². The number of aliphatic carboxylic acids is 4. The SMILES string of the molecule is CCCCOc1cccc(CCCC(C(=O)O)N2CCN(C(CO)C(=O)O)CCN(C(CO)C(=O)O)CCN(C(CO)C(=O)O)CC2)c1. The van der Waals surface area contributed by atoms with Gasteiger partial charge in [-0.3, -0.25) is 38.8 Å². The van der Waals surface area contributed by atoms with Crippen molar-refractivity contribution in [1.82, 2.24) is 19.6 Å². The minimum atomic E-state index is -1.37. The van der Waals surface area contributed by atoms with Crippen LogP contribution in [0.4, 0.5) is 0 Å². The average Bonchev–Trinajstić information content (AvgIpc) is 3.03. The molecule has 1 saturated heterocycles. The first-order valence-corrected chi connectivity index (χ1v) is 16.4. The second kappa shape index (κ2) is 21.6. The molecule has 16 heteroatoms. The lowest BCUT2D eigenvalue weighted by Crippen LogP contribution is -2.57. The van der Waals surface area contributed by atoms with Gasteiger partial charge in [0.15, 0.2) is 0 Å². The molecular formula is C32H52N4O12. The lowest BCUT2D eigenvalue weighted by molar-refractivity contribution is -0.149. The maximum atomic E-state index is 12.6. The standard InChI is InChI=1S/C32H52N4O12/c1-2-3-18-48-24-8-4-6-23(19-24)7-5-9-25(29(40)41)33-10-12-34(26(20-37)30(42)43)14-16-36(28(22-39)32(46)47)17-15-35(13-11-33)27(21-38)31(44)45/h4,6,8,19,25-28,37-39H,2-3,5,7,9-18,20-22H2,1H3,(H,40,41)(H,42,43)(H,44,45)(H,46,47). The number of nitrogens with zero attached hydrogens (tertiary/aromatic N) is 4. The van der Waals surface area contributed by atoms with Gasteiger partial charge in [0.2, 0.25) is 0 Å². The van der Waals surface area contributed by atoms with Crippen LogP contribution in [0.1, 0.15) is 38.2 Å². The molecular weight excluding hydrogens is 632 g/mol. The highest BCUT2D eigenvalue weighted by molar-refractivity contribution is 5.75. The third kappa shape index (κ3) is 12.9. The Hall–Kier alpha value is -3.38. The summed E-state index contributed by atoms with van der Waals surface area (Å²) in [5.41, 5.74) is 0.978. The molecule has 2 rings (SSSR count). The van der Waals surface area contributed by atoms with E-state index in [1.54, 1.807) is 4.90 Å². The first-order chi connectivity index (χ1) is 23.0. The van der Waals surface area contributed by atoms with Gasteiger partial charge in [0, 0.05) is 52.4 Å². The van der Waals surface area contributed by atoms with Crippen LogP contribution in [0.5, 0.6) is 5.75 Å². The minimum absolute atomic E-state index is 0.00842. The number of aliphatic hydroxyl groups excluding tert-OH is 3. The van der Waals surface area contributed by atoms with Crippen LogP contribution in [0.15, 0.2) is 24.3 Å². The largest absolute Gasteiger partial charge is 0.494 e. The average molecular weight is 685 g/mol. The Morgan fingerprint density at radius 2 is 1.04 bits per heavy atom. The van der Waals surface area contributed by atoms with Crippen LogP contribution in [0, 0.1) is 0 Å². The van der Waals surface area contributed by atoms with Crippen LogP contribution in [0.3, 0.4) is 0 Å². The maximum absolute atomic E-state index is 12.6. The zero-order valence-electron chi connectivity index (χ0n) is 27.6. The normalized spacial score (nSPS) is 18.9. The topological polar surface area (TPSA) is 232 Å². The Morgan fingerprint density at radius 3 is 1.40 bits per heavy atom. The second-order valence-electron chi connectivity index (χ2n) is 11.8.